The third kappa shape index (κ3) is 5.43. The molecule has 1 unspecified atom stereocenters. The Balaban J connectivity index is 1.40. The zero-order valence-electron chi connectivity index (χ0n) is 23.7. The number of aromatic nitrogens is 3. The summed E-state index contributed by atoms with van der Waals surface area (Å²) in [6.07, 6.45) is 4.79. The van der Waals surface area contributed by atoms with E-state index in [-0.39, 0.29) is 18.2 Å². The molecule has 1 amide bonds. The van der Waals surface area contributed by atoms with Crippen LogP contribution in [-0.4, -0.2) is 50.0 Å². The normalized spacial score (nSPS) is 17.9. The molecule has 9 rings (SSSR count). The standard InChI is InChI=1S/C33H36N4O4/c1-21-17-25-9-12-30(21)41-16-6-4-3-5-14-37-29-11-10-27(22(2)32(29)34-35-37)28(19-31(38)39)24-8-7-23-13-15-36(33(25)40)20-26(23)18-24/h7-12,17-18,28H,3-6,13-16,19-20H2,1-2H3,(H,38,39). The zero-order valence-corrected chi connectivity index (χ0v) is 23.7. The summed E-state index contributed by atoms with van der Waals surface area (Å²) >= 11 is 0. The average Bonchev–Trinajstić information content (AvgIpc) is 3.38. The van der Waals surface area contributed by atoms with Gasteiger partial charge in [0.05, 0.1) is 18.5 Å². The summed E-state index contributed by atoms with van der Waals surface area (Å²) in [7, 11) is 0. The molecule has 0 radical (unpaired) electrons. The summed E-state index contributed by atoms with van der Waals surface area (Å²) in [5.74, 6) is -0.370. The Morgan fingerprint density at radius 1 is 1.00 bits per heavy atom. The van der Waals surface area contributed by atoms with E-state index in [0.717, 1.165) is 83.2 Å². The summed E-state index contributed by atoms with van der Waals surface area (Å²) in [4.78, 5) is 27.5. The van der Waals surface area contributed by atoms with Crippen LogP contribution in [0.3, 0.4) is 0 Å². The van der Waals surface area contributed by atoms with Gasteiger partial charge in [0.2, 0.25) is 0 Å². The number of rotatable bonds is 2. The highest BCUT2D eigenvalue weighted by Gasteiger charge is 2.26. The van der Waals surface area contributed by atoms with E-state index in [1.165, 1.54) is 5.56 Å². The minimum Gasteiger partial charge on any atom is -0.493 e. The predicted octanol–water partition coefficient (Wildman–Crippen LogP) is 5.81. The van der Waals surface area contributed by atoms with Gasteiger partial charge in [0.15, 0.2) is 0 Å². The molecular formula is C33H36N4O4. The number of carbonyl (C=O) groups excluding carboxylic acids is 1. The van der Waals surface area contributed by atoms with E-state index in [4.69, 9.17) is 4.74 Å². The summed E-state index contributed by atoms with van der Waals surface area (Å²) in [5.41, 5.74) is 8.53. The molecule has 4 aromatic rings. The first-order valence-corrected chi connectivity index (χ1v) is 14.6. The minimum atomic E-state index is -0.854. The molecule has 41 heavy (non-hydrogen) atoms. The molecule has 0 saturated heterocycles. The van der Waals surface area contributed by atoms with Gasteiger partial charge in [0.1, 0.15) is 11.3 Å². The van der Waals surface area contributed by atoms with Gasteiger partial charge in [-0.25, -0.2) is 4.68 Å². The van der Waals surface area contributed by atoms with Crippen LogP contribution in [0.25, 0.3) is 11.0 Å². The van der Waals surface area contributed by atoms with Gasteiger partial charge in [-0.2, -0.15) is 0 Å². The summed E-state index contributed by atoms with van der Waals surface area (Å²) in [5, 5.41) is 18.8. The van der Waals surface area contributed by atoms with Gasteiger partial charge in [-0.15, -0.1) is 5.10 Å². The SMILES string of the molecule is Cc1cc2ccc1OCCCCCCn1nnc3c(C)c(ccc31)C(CC(=O)O)c1ccc3c(c1)CN(CC3)C2=O. The number of nitrogens with zero attached hydrogens (tertiary/aromatic N) is 4. The lowest BCUT2D eigenvalue weighted by Gasteiger charge is -2.30. The molecule has 0 saturated carbocycles. The maximum atomic E-state index is 13.5. The molecule has 8 heteroatoms. The van der Waals surface area contributed by atoms with Crippen molar-refractivity contribution in [1.29, 1.82) is 0 Å². The van der Waals surface area contributed by atoms with Crippen molar-refractivity contribution in [2.24, 2.45) is 0 Å². The zero-order chi connectivity index (χ0) is 28.5. The molecule has 1 aromatic heterocycles. The van der Waals surface area contributed by atoms with Crippen LogP contribution in [0.1, 0.15) is 81.8 Å². The van der Waals surface area contributed by atoms with Crippen molar-refractivity contribution in [2.45, 2.75) is 71.4 Å². The maximum absolute atomic E-state index is 13.5. The lowest BCUT2D eigenvalue weighted by molar-refractivity contribution is -0.137. The van der Waals surface area contributed by atoms with Crippen molar-refractivity contribution in [3.05, 3.63) is 87.5 Å². The fourth-order valence-electron chi connectivity index (χ4n) is 6.30. The van der Waals surface area contributed by atoms with Crippen molar-refractivity contribution in [3.8, 4) is 5.75 Å². The average molecular weight is 553 g/mol. The molecular weight excluding hydrogens is 516 g/mol. The molecule has 8 nitrogen and oxygen atoms in total. The molecule has 0 spiro atoms. The van der Waals surface area contributed by atoms with Gasteiger partial charge < -0.3 is 14.7 Å². The fraction of sp³-hybridized carbons (Fsp3) is 0.394. The topological polar surface area (TPSA) is 97.5 Å². The Kier molecular flexibility index (Phi) is 7.47. The number of amides is 1. The first-order chi connectivity index (χ1) is 19.9. The van der Waals surface area contributed by atoms with E-state index in [0.29, 0.717) is 25.3 Å². The quantitative estimate of drug-likeness (QED) is 0.337. The number of aliphatic carboxylic acids is 1. The van der Waals surface area contributed by atoms with Crippen LogP contribution in [0, 0.1) is 13.8 Å². The van der Waals surface area contributed by atoms with Crippen molar-refractivity contribution in [3.63, 3.8) is 0 Å². The number of ether oxygens (including phenoxy) is 1. The monoisotopic (exact) mass is 552 g/mol. The molecule has 9 bridgehead atoms. The first-order valence-electron chi connectivity index (χ1n) is 14.6. The van der Waals surface area contributed by atoms with Gasteiger partial charge in [0, 0.05) is 31.1 Å². The third-order valence-corrected chi connectivity index (χ3v) is 8.61. The number of hydrogen-bond acceptors (Lipinski definition) is 5. The number of hydrogen-bond donors (Lipinski definition) is 1. The summed E-state index contributed by atoms with van der Waals surface area (Å²) in [6.45, 7) is 6.56. The van der Waals surface area contributed by atoms with Gasteiger partial charge >= 0.3 is 5.97 Å². The van der Waals surface area contributed by atoms with Crippen LogP contribution in [-0.2, 0) is 24.3 Å². The highest BCUT2D eigenvalue weighted by atomic mass is 16.5. The van der Waals surface area contributed by atoms with Crippen LogP contribution in [0.15, 0.2) is 48.5 Å². The van der Waals surface area contributed by atoms with Crippen molar-refractivity contribution < 1.29 is 19.4 Å². The van der Waals surface area contributed by atoms with Crippen LogP contribution in [0.5, 0.6) is 5.75 Å². The van der Waals surface area contributed by atoms with Crippen LogP contribution in [0.4, 0.5) is 0 Å². The van der Waals surface area contributed by atoms with Crippen molar-refractivity contribution >= 4 is 22.9 Å². The van der Waals surface area contributed by atoms with Crippen LogP contribution in [0.2, 0.25) is 0 Å². The van der Waals surface area contributed by atoms with Gasteiger partial charge in [-0.05, 0) is 97.2 Å². The molecule has 5 aliphatic heterocycles. The fourth-order valence-corrected chi connectivity index (χ4v) is 6.30. The number of benzene rings is 3. The van der Waals surface area contributed by atoms with Gasteiger partial charge in [0.25, 0.3) is 5.91 Å². The lowest BCUT2D eigenvalue weighted by Crippen LogP contribution is -2.36. The highest BCUT2D eigenvalue weighted by Crippen LogP contribution is 2.35. The lowest BCUT2D eigenvalue weighted by atomic mass is 9.83. The molecule has 1 N–H and O–H groups in total. The summed E-state index contributed by atoms with van der Waals surface area (Å²) in [6, 6.07) is 16.0. The molecule has 212 valence electrons. The van der Waals surface area contributed by atoms with Crippen molar-refractivity contribution in [2.75, 3.05) is 13.2 Å². The highest BCUT2D eigenvalue weighted by molar-refractivity contribution is 5.94. The van der Waals surface area contributed by atoms with E-state index in [1.807, 2.05) is 59.8 Å². The maximum Gasteiger partial charge on any atom is 0.304 e. The van der Waals surface area contributed by atoms with Gasteiger partial charge in [-0.3, -0.25) is 9.59 Å². The smallest absolute Gasteiger partial charge is 0.304 e. The molecule has 6 heterocycles. The Bertz CT molecular complexity index is 1630. The van der Waals surface area contributed by atoms with E-state index in [9.17, 15) is 14.7 Å². The predicted molar refractivity (Wildman–Crippen MR) is 156 cm³/mol. The second-order valence-corrected chi connectivity index (χ2v) is 11.4. The molecule has 3 aromatic carbocycles. The summed E-state index contributed by atoms with van der Waals surface area (Å²) < 4.78 is 8.01. The number of carbonyl (C=O) groups is 2. The Morgan fingerprint density at radius 2 is 1.85 bits per heavy atom. The van der Waals surface area contributed by atoms with Gasteiger partial charge in [-0.1, -0.05) is 35.9 Å². The number of carboxylic acids is 1. The minimum absolute atomic E-state index is 0.000521. The molecule has 5 aliphatic rings. The van der Waals surface area contributed by atoms with Crippen molar-refractivity contribution in [1.82, 2.24) is 19.9 Å². The Labute approximate surface area is 239 Å². The Morgan fingerprint density at radius 3 is 2.68 bits per heavy atom. The molecule has 1 atom stereocenters. The van der Waals surface area contributed by atoms with Crippen LogP contribution >= 0.6 is 0 Å². The molecule has 0 aliphatic carbocycles. The third-order valence-electron chi connectivity index (χ3n) is 8.61. The molecule has 0 fully saturated rings. The van der Waals surface area contributed by atoms with E-state index in [2.05, 4.69) is 22.4 Å². The van der Waals surface area contributed by atoms with E-state index >= 15 is 0 Å². The number of carboxylic acid groups (broad SMARTS) is 1. The van der Waals surface area contributed by atoms with E-state index < -0.39 is 5.97 Å². The second-order valence-electron chi connectivity index (χ2n) is 11.4. The Hall–Kier alpha value is -4.20. The number of aryl methyl sites for hydroxylation is 3. The van der Waals surface area contributed by atoms with E-state index in [1.54, 1.807) is 0 Å². The second kappa shape index (κ2) is 11.4. The largest absolute Gasteiger partial charge is 0.493 e. The van der Waals surface area contributed by atoms with Crippen LogP contribution < -0.4 is 4.74 Å². The first kappa shape index (κ1) is 27.0.